The van der Waals surface area contributed by atoms with Gasteiger partial charge in [-0.2, -0.15) is 0 Å². The first-order valence-electron chi connectivity index (χ1n) is 3.63. The molecule has 0 fully saturated rings. The smallest absolute Gasteiger partial charge is 0.198 e. The summed E-state index contributed by atoms with van der Waals surface area (Å²) in [6, 6.07) is 9.91. The van der Waals surface area contributed by atoms with Gasteiger partial charge in [-0.1, -0.05) is 30.3 Å². The molecule has 0 N–H and O–H groups in total. The molecule has 0 amide bonds. The van der Waals surface area contributed by atoms with E-state index in [1.54, 1.807) is 6.20 Å². The summed E-state index contributed by atoms with van der Waals surface area (Å²) in [5.41, 5.74) is 1.97. The van der Waals surface area contributed by atoms with Crippen LogP contribution in [0.5, 0.6) is 0 Å². The standard InChI is InChI=1S/C10H6N2/c1-2-4-9(5-3-1)10-6-11-8-12-7-10/h1-6H. The van der Waals surface area contributed by atoms with Gasteiger partial charge in [-0.05, 0) is 5.56 Å². The molecule has 0 aliphatic rings. The van der Waals surface area contributed by atoms with E-state index in [0.717, 1.165) is 11.1 Å². The highest BCUT2D eigenvalue weighted by atomic mass is 14.8. The van der Waals surface area contributed by atoms with E-state index in [-0.39, 0.29) is 0 Å². The predicted octanol–water partition coefficient (Wildman–Crippen LogP) is 1.74. The van der Waals surface area contributed by atoms with Gasteiger partial charge >= 0.3 is 0 Å². The highest BCUT2D eigenvalue weighted by molar-refractivity contribution is 5.60. The minimum absolute atomic E-state index is 0.898. The van der Waals surface area contributed by atoms with Gasteiger partial charge in [-0.3, -0.25) is 0 Å². The monoisotopic (exact) mass is 154 g/mol. The maximum atomic E-state index is 3.79. The number of aromatic nitrogens is 2. The van der Waals surface area contributed by atoms with Gasteiger partial charge in [0.1, 0.15) is 6.20 Å². The molecule has 2 nitrogen and oxygen atoms in total. The lowest BCUT2D eigenvalue weighted by Gasteiger charge is -1.96. The van der Waals surface area contributed by atoms with Crippen LogP contribution in [0, 0.1) is 12.5 Å². The van der Waals surface area contributed by atoms with Crippen molar-refractivity contribution in [2.45, 2.75) is 0 Å². The van der Waals surface area contributed by atoms with E-state index in [0.29, 0.717) is 0 Å². The normalized spacial score (nSPS) is 9.67. The zero-order valence-corrected chi connectivity index (χ0v) is 6.36. The lowest BCUT2D eigenvalue weighted by atomic mass is 10.1. The minimum Gasteiger partial charge on any atom is -0.233 e. The van der Waals surface area contributed by atoms with Gasteiger partial charge in [0.05, 0.1) is 0 Å². The van der Waals surface area contributed by atoms with Crippen molar-refractivity contribution in [1.29, 1.82) is 0 Å². The van der Waals surface area contributed by atoms with Gasteiger partial charge in [0.2, 0.25) is 0 Å². The van der Waals surface area contributed by atoms with Crippen molar-refractivity contribution >= 4 is 0 Å². The first-order chi connectivity index (χ1) is 5.97. The largest absolute Gasteiger partial charge is 0.233 e. The Bertz CT molecular complexity index is 305. The van der Waals surface area contributed by atoms with Crippen LogP contribution in [-0.4, -0.2) is 9.97 Å². The Hall–Kier alpha value is -1.70. The Morgan fingerprint density at radius 1 is 1.08 bits per heavy atom. The maximum absolute atomic E-state index is 3.79. The maximum Gasteiger partial charge on any atom is 0.198 e. The summed E-state index contributed by atoms with van der Waals surface area (Å²) in [6.45, 7) is 0. The molecule has 0 spiro atoms. The third-order valence-corrected chi connectivity index (χ3v) is 1.56. The highest BCUT2D eigenvalue weighted by Crippen LogP contribution is 2.14. The van der Waals surface area contributed by atoms with Crippen LogP contribution >= 0.6 is 0 Å². The number of nitrogens with zero attached hydrogens (tertiary/aromatic N) is 2. The second-order valence-electron chi connectivity index (χ2n) is 2.36. The summed E-state index contributed by atoms with van der Waals surface area (Å²) in [5, 5.41) is 0. The molecule has 2 rings (SSSR count). The van der Waals surface area contributed by atoms with Gasteiger partial charge in [-0.15, -0.1) is 0 Å². The highest BCUT2D eigenvalue weighted by Gasteiger charge is 1.94. The van der Waals surface area contributed by atoms with Gasteiger partial charge in [0.25, 0.3) is 0 Å². The number of benzene rings is 1. The number of hydrogen-bond donors (Lipinski definition) is 0. The molecule has 2 aromatic rings. The quantitative estimate of drug-likeness (QED) is 0.625. The van der Waals surface area contributed by atoms with Crippen LogP contribution in [-0.2, 0) is 0 Å². The van der Waals surface area contributed by atoms with Crippen LogP contribution in [0.15, 0.2) is 36.5 Å². The SMILES string of the molecule is [c]1n[c]c(-c2ccccc2)cn1. The van der Waals surface area contributed by atoms with Crippen molar-refractivity contribution < 1.29 is 0 Å². The molecule has 0 saturated heterocycles. The first-order valence-corrected chi connectivity index (χ1v) is 3.63. The first kappa shape index (κ1) is 6.98. The Labute approximate surface area is 70.9 Å². The fourth-order valence-electron chi connectivity index (χ4n) is 0.993. The second-order valence-corrected chi connectivity index (χ2v) is 2.36. The van der Waals surface area contributed by atoms with Gasteiger partial charge in [-0.25, -0.2) is 9.97 Å². The predicted molar refractivity (Wildman–Crippen MR) is 45.1 cm³/mol. The zero-order valence-electron chi connectivity index (χ0n) is 6.36. The van der Waals surface area contributed by atoms with Crippen LogP contribution in [0.2, 0.25) is 0 Å². The van der Waals surface area contributed by atoms with Crippen LogP contribution < -0.4 is 0 Å². The fourth-order valence-corrected chi connectivity index (χ4v) is 0.993. The molecule has 12 heavy (non-hydrogen) atoms. The molecular weight excluding hydrogens is 148 g/mol. The lowest BCUT2D eigenvalue weighted by molar-refractivity contribution is 1.14. The van der Waals surface area contributed by atoms with Crippen LogP contribution in [0.4, 0.5) is 0 Å². The number of hydrogen-bond acceptors (Lipinski definition) is 2. The lowest BCUT2D eigenvalue weighted by Crippen LogP contribution is -1.81. The van der Waals surface area contributed by atoms with Crippen LogP contribution in [0.1, 0.15) is 0 Å². The van der Waals surface area contributed by atoms with Crippen molar-refractivity contribution in [1.82, 2.24) is 9.97 Å². The Kier molecular flexibility index (Phi) is 1.82. The van der Waals surface area contributed by atoms with Crippen LogP contribution in [0.3, 0.4) is 0 Å². The van der Waals surface area contributed by atoms with E-state index in [2.05, 4.69) is 22.5 Å². The third-order valence-electron chi connectivity index (χ3n) is 1.56. The molecule has 0 aliphatic heterocycles. The molecule has 1 aromatic carbocycles. The van der Waals surface area contributed by atoms with Gasteiger partial charge in [0, 0.05) is 11.8 Å². The van der Waals surface area contributed by atoms with E-state index < -0.39 is 0 Å². The molecule has 2 radical (unpaired) electrons. The number of rotatable bonds is 1. The van der Waals surface area contributed by atoms with Crippen molar-refractivity contribution in [3.63, 3.8) is 0 Å². The van der Waals surface area contributed by atoms with E-state index in [1.807, 2.05) is 30.3 Å². The minimum atomic E-state index is 0.898. The molecular formula is C10H6N2. The zero-order chi connectivity index (χ0) is 8.23. The van der Waals surface area contributed by atoms with Crippen molar-refractivity contribution in [3.05, 3.63) is 49.1 Å². The Morgan fingerprint density at radius 2 is 1.92 bits per heavy atom. The molecule has 1 heterocycles. The molecule has 2 heteroatoms. The summed E-state index contributed by atoms with van der Waals surface area (Å²) in [6.07, 6.45) is 6.96. The van der Waals surface area contributed by atoms with E-state index in [1.165, 1.54) is 0 Å². The molecule has 0 atom stereocenters. The molecule has 1 aromatic heterocycles. The van der Waals surface area contributed by atoms with Crippen molar-refractivity contribution in [2.24, 2.45) is 0 Å². The summed E-state index contributed by atoms with van der Waals surface area (Å²) in [4.78, 5) is 7.49. The van der Waals surface area contributed by atoms with Crippen molar-refractivity contribution in [2.75, 3.05) is 0 Å². The van der Waals surface area contributed by atoms with Gasteiger partial charge in [0.15, 0.2) is 6.33 Å². The second kappa shape index (κ2) is 3.13. The van der Waals surface area contributed by atoms with E-state index in [9.17, 15) is 0 Å². The average Bonchev–Trinajstić information content (AvgIpc) is 2.21. The van der Waals surface area contributed by atoms with E-state index >= 15 is 0 Å². The molecule has 56 valence electrons. The van der Waals surface area contributed by atoms with Gasteiger partial charge < -0.3 is 0 Å². The topological polar surface area (TPSA) is 25.8 Å². The Morgan fingerprint density at radius 3 is 2.58 bits per heavy atom. The van der Waals surface area contributed by atoms with E-state index in [4.69, 9.17) is 0 Å². The molecule has 0 saturated carbocycles. The van der Waals surface area contributed by atoms with Crippen molar-refractivity contribution in [3.8, 4) is 11.1 Å². The van der Waals surface area contributed by atoms with Crippen LogP contribution in [0.25, 0.3) is 11.1 Å². The molecule has 0 bridgehead atoms. The third kappa shape index (κ3) is 1.32. The molecule has 0 aliphatic carbocycles. The summed E-state index contributed by atoms with van der Waals surface area (Å²) < 4.78 is 0. The average molecular weight is 154 g/mol. The summed E-state index contributed by atoms with van der Waals surface area (Å²) in [7, 11) is 0. The Balaban J connectivity index is 2.46. The summed E-state index contributed by atoms with van der Waals surface area (Å²) >= 11 is 0. The molecule has 0 unspecified atom stereocenters. The summed E-state index contributed by atoms with van der Waals surface area (Å²) in [5.74, 6) is 0. The fraction of sp³-hybridized carbons (Fsp3) is 0.